The molecular formula is C15H21NO3S. The average molecular weight is 295 g/mol. The smallest absolute Gasteiger partial charge is 0.244 e. The van der Waals surface area contributed by atoms with Crippen molar-refractivity contribution in [3.63, 3.8) is 0 Å². The minimum absolute atomic E-state index is 0.136. The molecule has 4 nitrogen and oxygen atoms in total. The number of carbonyl (C=O) groups is 1. The van der Waals surface area contributed by atoms with Crippen molar-refractivity contribution < 1.29 is 13.2 Å². The maximum atomic E-state index is 12.7. The Bertz CT molecular complexity index is 591. The van der Waals surface area contributed by atoms with Gasteiger partial charge in [0.05, 0.1) is 6.04 Å². The molecule has 1 atom stereocenters. The van der Waals surface area contributed by atoms with Crippen LogP contribution in [0.3, 0.4) is 0 Å². The van der Waals surface area contributed by atoms with Gasteiger partial charge in [-0.15, -0.1) is 0 Å². The largest absolute Gasteiger partial charge is 0.338 e. The topological polar surface area (TPSA) is 54.5 Å². The zero-order chi connectivity index (χ0) is 15.0. The van der Waals surface area contributed by atoms with Crippen LogP contribution >= 0.6 is 0 Å². The highest BCUT2D eigenvalue weighted by molar-refractivity contribution is 7.93. The molecule has 1 amide bonds. The minimum atomic E-state index is -3.38. The Morgan fingerprint density at radius 1 is 1.25 bits per heavy atom. The SMILES string of the molecule is CC(c1ccccc1)N(C)C(=O)C1(S(C)(=O)=O)CCC1. The van der Waals surface area contributed by atoms with Crippen molar-refractivity contribution in [3.05, 3.63) is 35.9 Å². The Labute approximate surface area is 120 Å². The van der Waals surface area contributed by atoms with Crippen LogP contribution in [0.15, 0.2) is 30.3 Å². The highest BCUT2D eigenvalue weighted by atomic mass is 32.2. The number of amides is 1. The summed E-state index contributed by atoms with van der Waals surface area (Å²) in [4.78, 5) is 14.2. The maximum Gasteiger partial charge on any atom is 0.244 e. The third-order valence-corrected chi connectivity index (χ3v) is 6.45. The average Bonchev–Trinajstić information content (AvgIpc) is 2.34. The molecule has 20 heavy (non-hydrogen) atoms. The molecule has 0 heterocycles. The quantitative estimate of drug-likeness (QED) is 0.855. The number of rotatable bonds is 4. The normalized spacial score (nSPS) is 18.9. The summed E-state index contributed by atoms with van der Waals surface area (Å²) in [5.74, 6) is -0.275. The lowest BCUT2D eigenvalue weighted by molar-refractivity contribution is -0.136. The van der Waals surface area contributed by atoms with Gasteiger partial charge in [-0.25, -0.2) is 8.42 Å². The van der Waals surface area contributed by atoms with E-state index >= 15 is 0 Å². The molecular weight excluding hydrogens is 274 g/mol. The lowest BCUT2D eigenvalue weighted by Gasteiger charge is -2.42. The monoisotopic (exact) mass is 295 g/mol. The van der Waals surface area contributed by atoms with Crippen molar-refractivity contribution >= 4 is 15.7 Å². The van der Waals surface area contributed by atoms with Crippen LogP contribution in [0.5, 0.6) is 0 Å². The Hall–Kier alpha value is -1.36. The van der Waals surface area contributed by atoms with E-state index in [9.17, 15) is 13.2 Å². The summed E-state index contributed by atoms with van der Waals surface area (Å²) in [6.45, 7) is 1.92. The third kappa shape index (κ3) is 2.35. The number of carbonyl (C=O) groups excluding carboxylic acids is 1. The number of nitrogens with zero attached hydrogens (tertiary/aromatic N) is 1. The van der Waals surface area contributed by atoms with Gasteiger partial charge in [0, 0.05) is 13.3 Å². The van der Waals surface area contributed by atoms with Crippen LogP contribution in [0.4, 0.5) is 0 Å². The first-order chi connectivity index (χ1) is 9.29. The van der Waals surface area contributed by atoms with Crippen LogP contribution in [0.1, 0.15) is 37.8 Å². The molecule has 1 unspecified atom stereocenters. The fraction of sp³-hybridized carbons (Fsp3) is 0.533. The highest BCUT2D eigenvalue weighted by Gasteiger charge is 2.54. The molecule has 0 spiro atoms. The lowest BCUT2D eigenvalue weighted by atomic mass is 9.82. The first kappa shape index (κ1) is 15.0. The van der Waals surface area contributed by atoms with Gasteiger partial charge < -0.3 is 4.90 Å². The summed E-state index contributed by atoms with van der Waals surface area (Å²) in [6.07, 6.45) is 2.85. The van der Waals surface area contributed by atoms with Crippen molar-refractivity contribution in [1.82, 2.24) is 4.90 Å². The zero-order valence-electron chi connectivity index (χ0n) is 12.2. The summed E-state index contributed by atoms with van der Waals surface area (Å²) in [5, 5.41) is 0. The van der Waals surface area contributed by atoms with Gasteiger partial charge in [0.2, 0.25) is 5.91 Å². The van der Waals surface area contributed by atoms with E-state index in [0.29, 0.717) is 12.8 Å². The Morgan fingerprint density at radius 3 is 2.20 bits per heavy atom. The van der Waals surface area contributed by atoms with Crippen LogP contribution in [0.2, 0.25) is 0 Å². The van der Waals surface area contributed by atoms with Crippen molar-refractivity contribution in [3.8, 4) is 0 Å². The van der Waals surface area contributed by atoms with Gasteiger partial charge in [0.1, 0.15) is 0 Å². The fourth-order valence-corrected chi connectivity index (χ4v) is 4.19. The highest BCUT2D eigenvalue weighted by Crippen LogP contribution is 2.41. The molecule has 1 fully saturated rings. The predicted molar refractivity (Wildman–Crippen MR) is 79.1 cm³/mol. The molecule has 0 bridgehead atoms. The van der Waals surface area contributed by atoms with E-state index < -0.39 is 14.6 Å². The first-order valence-corrected chi connectivity index (χ1v) is 8.70. The Morgan fingerprint density at radius 2 is 1.80 bits per heavy atom. The number of sulfone groups is 1. The van der Waals surface area contributed by atoms with Gasteiger partial charge in [0.15, 0.2) is 14.6 Å². The summed E-state index contributed by atoms with van der Waals surface area (Å²) in [5.41, 5.74) is 1.01. The summed E-state index contributed by atoms with van der Waals surface area (Å²) in [6, 6.07) is 9.51. The standard InChI is InChI=1S/C15H21NO3S/c1-12(13-8-5-4-6-9-13)16(2)14(17)15(10-7-11-15)20(3,18)19/h4-6,8-9,12H,7,10-11H2,1-3H3. The van der Waals surface area contributed by atoms with Crippen molar-refractivity contribution in [1.29, 1.82) is 0 Å². The minimum Gasteiger partial charge on any atom is -0.338 e. The number of benzene rings is 1. The summed E-state index contributed by atoms with van der Waals surface area (Å²) >= 11 is 0. The second kappa shape index (κ2) is 5.20. The lowest BCUT2D eigenvalue weighted by Crippen LogP contribution is -2.57. The first-order valence-electron chi connectivity index (χ1n) is 6.81. The van der Waals surface area contributed by atoms with E-state index in [1.165, 1.54) is 6.26 Å². The number of hydrogen-bond acceptors (Lipinski definition) is 3. The number of hydrogen-bond donors (Lipinski definition) is 0. The molecule has 0 aliphatic heterocycles. The van der Waals surface area contributed by atoms with E-state index in [1.807, 2.05) is 37.3 Å². The molecule has 2 rings (SSSR count). The van der Waals surface area contributed by atoms with E-state index in [0.717, 1.165) is 12.0 Å². The van der Waals surface area contributed by atoms with Gasteiger partial charge in [-0.1, -0.05) is 30.3 Å². The van der Waals surface area contributed by atoms with Crippen LogP contribution in [0, 0.1) is 0 Å². The second-order valence-corrected chi connectivity index (χ2v) is 7.95. The molecule has 0 aromatic heterocycles. The molecule has 0 radical (unpaired) electrons. The zero-order valence-corrected chi connectivity index (χ0v) is 13.0. The van der Waals surface area contributed by atoms with Crippen molar-refractivity contribution in [2.24, 2.45) is 0 Å². The van der Waals surface area contributed by atoms with Crippen molar-refractivity contribution in [2.45, 2.75) is 37.0 Å². The van der Waals surface area contributed by atoms with Gasteiger partial charge in [-0.2, -0.15) is 0 Å². The predicted octanol–water partition coefficient (Wildman–Crippen LogP) is 2.17. The Balaban J connectivity index is 2.25. The van der Waals surface area contributed by atoms with Gasteiger partial charge in [-0.05, 0) is 31.7 Å². The second-order valence-electron chi connectivity index (χ2n) is 5.62. The van der Waals surface area contributed by atoms with Crippen LogP contribution in [-0.2, 0) is 14.6 Å². The molecule has 1 aromatic carbocycles. The summed E-state index contributed by atoms with van der Waals surface area (Å²) < 4.78 is 22.8. The van der Waals surface area contributed by atoms with E-state index in [4.69, 9.17) is 0 Å². The van der Waals surface area contributed by atoms with Gasteiger partial charge in [-0.3, -0.25) is 4.79 Å². The molecule has 5 heteroatoms. The van der Waals surface area contributed by atoms with Crippen LogP contribution in [-0.4, -0.2) is 37.3 Å². The molecule has 1 aliphatic carbocycles. The van der Waals surface area contributed by atoms with E-state index in [1.54, 1.807) is 11.9 Å². The fourth-order valence-electron chi connectivity index (χ4n) is 2.69. The molecule has 1 aliphatic rings. The van der Waals surface area contributed by atoms with Crippen LogP contribution in [0.25, 0.3) is 0 Å². The molecule has 1 saturated carbocycles. The molecule has 1 aromatic rings. The van der Waals surface area contributed by atoms with Gasteiger partial charge in [0.25, 0.3) is 0 Å². The van der Waals surface area contributed by atoms with Gasteiger partial charge >= 0.3 is 0 Å². The van der Waals surface area contributed by atoms with Crippen molar-refractivity contribution in [2.75, 3.05) is 13.3 Å². The van der Waals surface area contributed by atoms with E-state index in [2.05, 4.69) is 0 Å². The molecule has 110 valence electrons. The van der Waals surface area contributed by atoms with E-state index in [-0.39, 0.29) is 11.9 Å². The summed E-state index contributed by atoms with van der Waals surface area (Å²) in [7, 11) is -1.69. The maximum absolute atomic E-state index is 12.7. The third-order valence-electron chi connectivity index (χ3n) is 4.44. The Kier molecular flexibility index (Phi) is 3.91. The molecule has 0 N–H and O–H groups in total. The molecule has 0 saturated heterocycles. The van der Waals surface area contributed by atoms with Crippen LogP contribution < -0.4 is 0 Å².